The Hall–Kier alpha value is -1.48. The van der Waals surface area contributed by atoms with Gasteiger partial charge in [0.05, 0.1) is 31.6 Å². The van der Waals surface area contributed by atoms with Gasteiger partial charge < -0.3 is 10.1 Å². The molecule has 7 nitrogen and oxygen atoms in total. The highest BCUT2D eigenvalue weighted by Crippen LogP contribution is 2.17. The van der Waals surface area contributed by atoms with Crippen LogP contribution in [-0.4, -0.2) is 76.2 Å². The largest absolute Gasteiger partial charge is 0.379 e. The third-order valence-electron chi connectivity index (χ3n) is 4.51. The van der Waals surface area contributed by atoms with Crippen LogP contribution in [0.5, 0.6) is 0 Å². The van der Waals surface area contributed by atoms with Crippen molar-refractivity contribution >= 4 is 15.9 Å². The first-order valence-electron chi connectivity index (χ1n) is 8.69. The van der Waals surface area contributed by atoms with Crippen molar-refractivity contribution in [2.45, 2.75) is 19.5 Å². The minimum atomic E-state index is -3.33. The first-order chi connectivity index (χ1) is 12.2. The first kappa shape index (κ1) is 20.8. The van der Waals surface area contributed by atoms with Gasteiger partial charge in [0.2, 0.25) is 15.9 Å². The zero-order valence-electron chi connectivity index (χ0n) is 15.9. The molecule has 1 heterocycles. The monoisotopic (exact) mass is 383 g/mol. The molecule has 1 aromatic rings. The van der Waals surface area contributed by atoms with Gasteiger partial charge in [-0.3, -0.25) is 9.69 Å². The van der Waals surface area contributed by atoms with Gasteiger partial charge in [0.1, 0.15) is 0 Å². The second-order valence-electron chi connectivity index (χ2n) is 7.19. The van der Waals surface area contributed by atoms with Crippen LogP contribution in [0.1, 0.15) is 11.1 Å². The van der Waals surface area contributed by atoms with E-state index in [9.17, 15) is 13.2 Å². The van der Waals surface area contributed by atoms with E-state index < -0.39 is 10.0 Å². The Kier molecular flexibility index (Phi) is 7.16. The maximum absolute atomic E-state index is 12.3. The number of hydrogen-bond donors (Lipinski definition) is 1. The minimum absolute atomic E-state index is 0.0237. The van der Waals surface area contributed by atoms with Crippen molar-refractivity contribution in [2.24, 2.45) is 5.92 Å². The lowest BCUT2D eigenvalue weighted by Gasteiger charge is -2.22. The third-order valence-corrected chi connectivity index (χ3v) is 6.47. The normalized spacial score (nSPS) is 20.7. The first-order valence-corrected chi connectivity index (χ1v) is 10.3. The smallest absolute Gasteiger partial charge is 0.234 e. The summed E-state index contributed by atoms with van der Waals surface area (Å²) >= 11 is 0. The average molecular weight is 384 g/mol. The molecule has 146 valence electrons. The molecule has 2 atom stereocenters. The Morgan fingerprint density at radius 2 is 1.85 bits per heavy atom. The van der Waals surface area contributed by atoms with E-state index >= 15 is 0 Å². The van der Waals surface area contributed by atoms with E-state index in [1.807, 2.05) is 18.9 Å². The van der Waals surface area contributed by atoms with Crippen molar-refractivity contribution in [2.75, 3.05) is 46.7 Å². The molecule has 26 heavy (non-hydrogen) atoms. The molecule has 0 unspecified atom stereocenters. The highest BCUT2D eigenvalue weighted by atomic mass is 32.2. The van der Waals surface area contributed by atoms with E-state index in [0.29, 0.717) is 19.8 Å². The Bertz CT molecular complexity index is 704. The summed E-state index contributed by atoms with van der Waals surface area (Å²) in [6.45, 7) is 3.65. The quantitative estimate of drug-likeness (QED) is 0.705. The average Bonchev–Trinajstić information content (AvgIpc) is 2.95. The van der Waals surface area contributed by atoms with Crippen LogP contribution in [0.15, 0.2) is 24.3 Å². The molecule has 0 bridgehead atoms. The number of rotatable bonds is 8. The van der Waals surface area contributed by atoms with Gasteiger partial charge in [0, 0.05) is 26.6 Å². The molecule has 1 amide bonds. The number of aryl methyl sites for hydroxylation is 1. The van der Waals surface area contributed by atoms with E-state index in [1.54, 1.807) is 0 Å². The number of hydrogen-bond acceptors (Lipinski definition) is 5. The van der Waals surface area contributed by atoms with Crippen LogP contribution in [0.4, 0.5) is 0 Å². The second kappa shape index (κ2) is 8.94. The molecule has 1 aliphatic heterocycles. The second-order valence-corrected chi connectivity index (χ2v) is 9.42. The SMILES string of the molecule is Cc1ccc(CN(C)CC(=O)N[C@H]2COC[C@H]2CS(=O)(=O)N(C)C)cc1. The molecule has 2 rings (SSSR count). The summed E-state index contributed by atoms with van der Waals surface area (Å²) in [6.07, 6.45) is 0. The molecule has 0 aliphatic carbocycles. The fraction of sp³-hybridized carbons (Fsp3) is 0.611. The fourth-order valence-corrected chi connectivity index (χ4v) is 4.07. The fourth-order valence-electron chi connectivity index (χ4n) is 2.90. The summed E-state index contributed by atoms with van der Waals surface area (Å²) < 4.78 is 30.7. The van der Waals surface area contributed by atoms with Crippen LogP contribution >= 0.6 is 0 Å². The van der Waals surface area contributed by atoms with E-state index in [-0.39, 0.29) is 30.2 Å². The zero-order chi connectivity index (χ0) is 19.3. The number of carbonyl (C=O) groups is 1. The van der Waals surface area contributed by atoms with E-state index in [1.165, 1.54) is 24.0 Å². The molecule has 1 N–H and O–H groups in total. The standard InChI is InChI=1S/C18H29N3O4S/c1-14-5-7-15(8-6-14)9-21(4)10-18(22)19-17-12-25-11-16(17)13-26(23,24)20(2)3/h5-8,16-17H,9-13H2,1-4H3,(H,19,22)/t16-,17-/m0/s1. The molecular weight excluding hydrogens is 354 g/mol. The van der Waals surface area contributed by atoms with Gasteiger partial charge in [0.15, 0.2) is 0 Å². The third kappa shape index (κ3) is 6.05. The Morgan fingerprint density at radius 1 is 1.19 bits per heavy atom. The van der Waals surface area contributed by atoms with Gasteiger partial charge >= 0.3 is 0 Å². The van der Waals surface area contributed by atoms with Crippen molar-refractivity contribution in [3.05, 3.63) is 35.4 Å². The van der Waals surface area contributed by atoms with Crippen molar-refractivity contribution in [3.63, 3.8) is 0 Å². The predicted molar refractivity (Wildman–Crippen MR) is 101 cm³/mol. The van der Waals surface area contributed by atoms with Crippen molar-refractivity contribution in [1.29, 1.82) is 0 Å². The number of nitrogens with zero attached hydrogens (tertiary/aromatic N) is 2. The number of ether oxygens (including phenoxy) is 1. The molecular formula is C18H29N3O4S. The van der Waals surface area contributed by atoms with E-state index in [0.717, 1.165) is 5.56 Å². The summed E-state index contributed by atoms with van der Waals surface area (Å²) in [5, 5.41) is 2.93. The maximum Gasteiger partial charge on any atom is 0.234 e. The van der Waals surface area contributed by atoms with Crippen LogP contribution < -0.4 is 5.32 Å². The zero-order valence-corrected chi connectivity index (χ0v) is 16.8. The lowest BCUT2D eigenvalue weighted by atomic mass is 10.1. The van der Waals surface area contributed by atoms with Gasteiger partial charge in [-0.25, -0.2) is 12.7 Å². The number of sulfonamides is 1. The number of likely N-dealkylation sites (N-methyl/N-ethyl adjacent to an activating group) is 1. The summed E-state index contributed by atoms with van der Waals surface area (Å²) in [6, 6.07) is 7.93. The highest BCUT2D eigenvalue weighted by Gasteiger charge is 2.34. The number of amides is 1. The van der Waals surface area contributed by atoms with Crippen LogP contribution in [0.25, 0.3) is 0 Å². The lowest BCUT2D eigenvalue weighted by Crippen LogP contribution is -2.46. The van der Waals surface area contributed by atoms with Gasteiger partial charge in [0.25, 0.3) is 0 Å². The van der Waals surface area contributed by atoms with Crippen LogP contribution in [-0.2, 0) is 26.1 Å². The number of nitrogens with one attached hydrogen (secondary N) is 1. The molecule has 8 heteroatoms. The maximum atomic E-state index is 12.3. The molecule has 1 aliphatic rings. The van der Waals surface area contributed by atoms with Crippen LogP contribution in [0.2, 0.25) is 0 Å². The van der Waals surface area contributed by atoms with Crippen LogP contribution in [0, 0.1) is 12.8 Å². The van der Waals surface area contributed by atoms with E-state index in [2.05, 4.69) is 29.6 Å². The topological polar surface area (TPSA) is 79.0 Å². The minimum Gasteiger partial charge on any atom is -0.379 e. The Morgan fingerprint density at radius 3 is 2.46 bits per heavy atom. The van der Waals surface area contributed by atoms with Gasteiger partial charge in [-0.1, -0.05) is 29.8 Å². The Balaban J connectivity index is 1.85. The van der Waals surface area contributed by atoms with Crippen molar-refractivity contribution < 1.29 is 17.9 Å². The Labute approximate surface area is 156 Å². The van der Waals surface area contributed by atoms with Gasteiger partial charge in [-0.2, -0.15) is 0 Å². The molecule has 0 aromatic heterocycles. The van der Waals surface area contributed by atoms with Gasteiger partial charge in [-0.05, 0) is 19.5 Å². The summed E-state index contributed by atoms with van der Waals surface area (Å²) in [4.78, 5) is 14.3. The molecule has 1 saturated heterocycles. The summed E-state index contributed by atoms with van der Waals surface area (Å²) in [7, 11) is 1.59. The van der Waals surface area contributed by atoms with Crippen LogP contribution in [0.3, 0.4) is 0 Å². The number of benzene rings is 1. The van der Waals surface area contributed by atoms with E-state index in [4.69, 9.17) is 4.74 Å². The van der Waals surface area contributed by atoms with Crippen molar-refractivity contribution in [3.8, 4) is 0 Å². The van der Waals surface area contributed by atoms with Crippen molar-refractivity contribution in [1.82, 2.24) is 14.5 Å². The molecule has 1 fully saturated rings. The highest BCUT2D eigenvalue weighted by molar-refractivity contribution is 7.89. The van der Waals surface area contributed by atoms with Gasteiger partial charge in [-0.15, -0.1) is 0 Å². The summed E-state index contributed by atoms with van der Waals surface area (Å²) in [5.74, 6) is -0.374. The molecule has 0 spiro atoms. The number of carbonyl (C=O) groups excluding carboxylic acids is 1. The summed E-state index contributed by atoms with van der Waals surface area (Å²) in [5.41, 5.74) is 2.35. The molecule has 0 saturated carbocycles. The molecule has 1 aromatic carbocycles. The molecule has 0 radical (unpaired) electrons. The predicted octanol–water partition coefficient (Wildman–Crippen LogP) is 0.449. The lowest BCUT2D eigenvalue weighted by molar-refractivity contribution is -0.123.